The Morgan fingerprint density at radius 3 is 2.43 bits per heavy atom. The van der Waals surface area contributed by atoms with Crippen molar-refractivity contribution in [1.82, 2.24) is 10.2 Å². The smallest absolute Gasteiger partial charge is 0.0615 e. The van der Waals surface area contributed by atoms with Crippen LogP contribution in [0.3, 0.4) is 0 Å². The second-order valence-electron chi connectivity index (χ2n) is 3.96. The van der Waals surface area contributed by atoms with Gasteiger partial charge in [0.15, 0.2) is 0 Å². The highest BCUT2D eigenvalue weighted by Crippen LogP contribution is 2.05. The summed E-state index contributed by atoms with van der Waals surface area (Å²) in [5, 5.41) is 3.35. The molecule has 0 aliphatic rings. The molecule has 0 bridgehead atoms. The zero-order valence-electron chi connectivity index (χ0n) is 10.3. The van der Waals surface area contributed by atoms with Gasteiger partial charge in [0.1, 0.15) is 0 Å². The summed E-state index contributed by atoms with van der Waals surface area (Å²) in [5.41, 5.74) is 0. The number of hydrogen-bond donors (Lipinski definition) is 1. The van der Waals surface area contributed by atoms with Gasteiger partial charge in [-0.05, 0) is 40.4 Å². The third-order valence-corrected chi connectivity index (χ3v) is 2.79. The molecule has 0 rings (SSSR count). The first-order chi connectivity index (χ1) is 6.63. The van der Waals surface area contributed by atoms with Crippen LogP contribution >= 0.6 is 0 Å². The van der Waals surface area contributed by atoms with E-state index in [4.69, 9.17) is 4.74 Å². The maximum atomic E-state index is 5.14. The maximum absolute atomic E-state index is 5.14. The molecular formula is C11H26N2O. The van der Waals surface area contributed by atoms with Gasteiger partial charge in [0.05, 0.1) is 6.61 Å². The minimum Gasteiger partial charge on any atom is -0.383 e. The minimum atomic E-state index is 0.497. The van der Waals surface area contributed by atoms with E-state index in [2.05, 4.69) is 38.0 Å². The first-order valence-corrected chi connectivity index (χ1v) is 5.55. The standard InChI is InChI=1S/C11H26N2O/c1-6-12-8-7-10(2)13(4)11(3)9-14-5/h10-12H,6-9H2,1-5H3. The molecule has 0 fully saturated rings. The molecule has 86 valence electrons. The third-order valence-electron chi connectivity index (χ3n) is 2.79. The van der Waals surface area contributed by atoms with E-state index in [9.17, 15) is 0 Å². The van der Waals surface area contributed by atoms with E-state index in [1.54, 1.807) is 7.11 Å². The van der Waals surface area contributed by atoms with Crippen LogP contribution in [0.15, 0.2) is 0 Å². The summed E-state index contributed by atoms with van der Waals surface area (Å²) in [6.07, 6.45) is 1.19. The number of methoxy groups -OCH3 is 1. The van der Waals surface area contributed by atoms with Crippen molar-refractivity contribution in [3.05, 3.63) is 0 Å². The van der Waals surface area contributed by atoms with Crippen molar-refractivity contribution < 1.29 is 4.74 Å². The Hall–Kier alpha value is -0.120. The van der Waals surface area contributed by atoms with Gasteiger partial charge in [-0.3, -0.25) is 4.90 Å². The van der Waals surface area contributed by atoms with E-state index in [1.807, 2.05) is 0 Å². The van der Waals surface area contributed by atoms with Crippen molar-refractivity contribution in [2.24, 2.45) is 0 Å². The summed E-state index contributed by atoms with van der Waals surface area (Å²) in [6, 6.07) is 1.11. The molecule has 0 aliphatic carbocycles. The summed E-state index contributed by atoms with van der Waals surface area (Å²) in [4.78, 5) is 2.38. The molecule has 0 amide bonds. The fraction of sp³-hybridized carbons (Fsp3) is 1.00. The summed E-state index contributed by atoms with van der Waals surface area (Å²) >= 11 is 0. The highest BCUT2D eigenvalue weighted by atomic mass is 16.5. The number of ether oxygens (including phenoxy) is 1. The molecule has 2 atom stereocenters. The van der Waals surface area contributed by atoms with E-state index in [-0.39, 0.29) is 0 Å². The van der Waals surface area contributed by atoms with Gasteiger partial charge in [0.25, 0.3) is 0 Å². The number of nitrogens with zero attached hydrogens (tertiary/aromatic N) is 1. The molecule has 0 spiro atoms. The summed E-state index contributed by atoms with van der Waals surface area (Å²) in [6.45, 7) is 9.58. The molecule has 0 saturated carbocycles. The predicted molar refractivity (Wildman–Crippen MR) is 61.7 cm³/mol. The van der Waals surface area contributed by atoms with Gasteiger partial charge in [-0.25, -0.2) is 0 Å². The molecule has 0 aromatic heterocycles. The van der Waals surface area contributed by atoms with Crippen LogP contribution < -0.4 is 5.32 Å². The Morgan fingerprint density at radius 1 is 1.29 bits per heavy atom. The van der Waals surface area contributed by atoms with Crippen molar-refractivity contribution in [3.8, 4) is 0 Å². The zero-order valence-corrected chi connectivity index (χ0v) is 10.3. The molecule has 0 aliphatic heterocycles. The first-order valence-electron chi connectivity index (χ1n) is 5.55. The molecule has 2 unspecified atom stereocenters. The van der Waals surface area contributed by atoms with Gasteiger partial charge < -0.3 is 10.1 Å². The van der Waals surface area contributed by atoms with E-state index < -0.39 is 0 Å². The number of likely N-dealkylation sites (N-methyl/N-ethyl adjacent to an activating group) is 1. The molecule has 14 heavy (non-hydrogen) atoms. The summed E-state index contributed by atoms with van der Waals surface area (Å²) in [5.74, 6) is 0. The SMILES string of the molecule is CCNCCC(C)N(C)C(C)COC. The van der Waals surface area contributed by atoms with Crippen molar-refractivity contribution in [1.29, 1.82) is 0 Å². The van der Waals surface area contributed by atoms with Crippen LogP contribution in [0.2, 0.25) is 0 Å². The van der Waals surface area contributed by atoms with Crippen molar-refractivity contribution in [2.75, 3.05) is 33.9 Å². The molecule has 0 saturated heterocycles. The van der Waals surface area contributed by atoms with Gasteiger partial charge in [0.2, 0.25) is 0 Å². The lowest BCUT2D eigenvalue weighted by Crippen LogP contribution is -2.40. The monoisotopic (exact) mass is 202 g/mol. The number of rotatable bonds is 8. The van der Waals surface area contributed by atoms with Crippen LogP contribution in [0, 0.1) is 0 Å². The Balaban J connectivity index is 3.68. The van der Waals surface area contributed by atoms with E-state index >= 15 is 0 Å². The normalized spacial score (nSPS) is 15.9. The molecule has 0 aromatic rings. The van der Waals surface area contributed by atoms with E-state index in [0.717, 1.165) is 19.7 Å². The minimum absolute atomic E-state index is 0.497. The Kier molecular flexibility index (Phi) is 8.14. The van der Waals surface area contributed by atoms with Gasteiger partial charge in [-0.1, -0.05) is 6.92 Å². The van der Waals surface area contributed by atoms with E-state index in [1.165, 1.54) is 6.42 Å². The van der Waals surface area contributed by atoms with Gasteiger partial charge in [-0.2, -0.15) is 0 Å². The Morgan fingerprint density at radius 2 is 1.93 bits per heavy atom. The van der Waals surface area contributed by atoms with Gasteiger partial charge in [0, 0.05) is 19.2 Å². The molecule has 0 radical (unpaired) electrons. The van der Waals surface area contributed by atoms with Crippen molar-refractivity contribution in [3.63, 3.8) is 0 Å². The molecule has 0 heterocycles. The fourth-order valence-electron chi connectivity index (χ4n) is 1.48. The first kappa shape index (κ1) is 13.9. The van der Waals surface area contributed by atoms with Crippen molar-refractivity contribution >= 4 is 0 Å². The highest BCUT2D eigenvalue weighted by molar-refractivity contribution is 4.70. The van der Waals surface area contributed by atoms with Crippen LogP contribution in [-0.2, 0) is 4.74 Å². The summed E-state index contributed by atoms with van der Waals surface area (Å²) in [7, 11) is 3.92. The second kappa shape index (κ2) is 8.21. The van der Waals surface area contributed by atoms with E-state index in [0.29, 0.717) is 12.1 Å². The molecular weight excluding hydrogens is 176 g/mol. The van der Waals surface area contributed by atoms with Crippen LogP contribution in [0.5, 0.6) is 0 Å². The summed E-state index contributed by atoms with van der Waals surface area (Å²) < 4.78 is 5.14. The maximum Gasteiger partial charge on any atom is 0.0615 e. The average Bonchev–Trinajstić information content (AvgIpc) is 2.17. The largest absolute Gasteiger partial charge is 0.383 e. The predicted octanol–water partition coefficient (Wildman–Crippen LogP) is 1.34. The van der Waals surface area contributed by atoms with Gasteiger partial charge >= 0.3 is 0 Å². The lowest BCUT2D eigenvalue weighted by atomic mass is 10.1. The van der Waals surface area contributed by atoms with Crippen LogP contribution in [0.1, 0.15) is 27.2 Å². The molecule has 0 aromatic carbocycles. The van der Waals surface area contributed by atoms with Crippen LogP contribution in [0.25, 0.3) is 0 Å². The fourth-order valence-corrected chi connectivity index (χ4v) is 1.48. The quantitative estimate of drug-likeness (QED) is 0.601. The Bertz CT molecular complexity index is 130. The van der Waals surface area contributed by atoms with Crippen molar-refractivity contribution in [2.45, 2.75) is 39.3 Å². The lowest BCUT2D eigenvalue weighted by molar-refractivity contribution is 0.0914. The molecule has 3 heteroatoms. The van der Waals surface area contributed by atoms with Crippen LogP contribution in [-0.4, -0.2) is 50.8 Å². The second-order valence-corrected chi connectivity index (χ2v) is 3.96. The molecule has 1 N–H and O–H groups in total. The average molecular weight is 202 g/mol. The number of hydrogen-bond acceptors (Lipinski definition) is 3. The van der Waals surface area contributed by atoms with Gasteiger partial charge in [-0.15, -0.1) is 0 Å². The zero-order chi connectivity index (χ0) is 11.0. The topological polar surface area (TPSA) is 24.5 Å². The Labute approximate surface area is 88.8 Å². The lowest BCUT2D eigenvalue weighted by Gasteiger charge is -2.30. The van der Waals surface area contributed by atoms with Crippen LogP contribution in [0.4, 0.5) is 0 Å². The third kappa shape index (κ3) is 5.58. The highest BCUT2D eigenvalue weighted by Gasteiger charge is 2.14. The molecule has 3 nitrogen and oxygen atoms in total. The number of nitrogens with one attached hydrogen (secondary N) is 1.